The summed E-state index contributed by atoms with van der Waals surface area (Å²) < 4.78 is 50.4. The number of hydrogen-bond acceptors (Lipinski definition) is 5. The van der Waals surface area contributed by atoms with E-state index in [1.54, 1.807) is 19.9 Å². The van der Waals surface area contributed by atoms with E-state index < -0.39 is 24.2 Å². The molecule has 1 aromatic carbocycles. The van der Waals surface area contributed by atoms with E-state index in [4.69, 9.17) is 9.47 Å². The Hall–Kier alpha value is -2.29. The molecule has 1 aliphatic rings. The predicted octanol–water partition coefficient (Wildman–Crippen LogP) is 2.74. The van der Waals surface area contributed by atoms with E-state index >= 15 is 0 Å². The SMILES string of the molecule is COc1ccc(CC(=O)N2N=C(C(C)C)C[C@@]2(O)C(F)(F)F)cc1OC. The van der Waals surface area contributed by atoms with Crippen LogP contribution in [0.5, 0.6) is 11.5 Å². The molecule has 1 N–H and O–H groups in total. The van der Waals surface area contributed by atoms with E-state index in [1.165, 1.54) is 26.4 Å². The number of carbonyl (C=O) groups excluding carboxylic acids is 1. The summed E-state index contributed by atoms with van der Waals surface area (Å²) in [5.74, 6) is -0.524. The van der Waals surface area contributed by atoms with Crippen LogP contribution < -0.4 is 9.47 Å². The topological polar surface area (TPSA) is 71.4 Å². The second kappa shape index (κ2) is 7.14. The van der Waals surface area contributed by atoms with E-state index in [0.717, 1.165) is 0 Å². The molecule has 0 saturated carbocycles. The van der Waals surface area contributed by atoms with Gasteiger partial charge in [-0.2, -0.15) is 23.3 Å². The van der Waals surface area contributed by atoms with Crippen LogP contribution in [0.1, 0.15) is 25.8 Å². The van der Waals surface area contributed by atoms with Gasteiger partial charge < -0.3 is 14.6 Å². The molecule has 9 heteroatoms. The number of alkyl halides is 3. The number of halogens is 3. The Morgan fingerprint density at radius 3 is 2.42 bits per heavy atom. The fourth-order valence-corrected chi connectivity index (χ4v) is 2.62. The predicted molar refractivity (Wildman–Crippen MR) is 88.0 cm³/mol. The molecule has 0 unspecified atom stereocenters. The normalized spacial score (nSPS) is 20.3. The van der Waals surface area contributed by atoms with Crippen molar-refractivity contribution in [3.63, 3.8) is 0 Å². The molecule has 0 saturated heterocycles. The van der Waals surface area contributed by atoms with Gasteiger partial charge in [-0.05, 0) is 23.6 Å². The lowest BCUT2D eigenvalue weighted by molar-refractivity contribution is -0.302. The summed E-state index contributed by atoms with van der Waals surface area (Å²) in [6.07, 6.45) is -6.17. The third kappa shape index (κ3) is 3.62. The molecule has 1 aliphatic heterocycles. The first kappa shape index (κ1) is 20.0. The number of hydrogen-bond donors (Lipinski definition) is 1. The summed E-state index contributed by atoms with van der Waals surface area (Å²) in [6.45, 7) is 3.30. The van der Waals surface area contributed by atoms with Crippen LogP contribution in [-0.2, 0) is 11.2 Å². The number of nitrogens with zero attached hydrogens (tertiary/aromatic N) is 2. The zero-order chi connectivity index (χ0) is 19.7. The highest BCUT2D eigenvalue weighted by Gasteiger charge is 2.63. The van der Waals surface area contributed by atoms with E-state index in [1.807, 2.05) is 0 Å². The summed E-state index contributed by atoms with van der Waals surface area (Å²) in [6, 6.07) is 4.58. The number of aliphatic hydroxyl groups is 1. The van der Waals surface area contributed by atoms with Gasteiger partial charge in [0, 0.05) is 12.1 Å². The van der Waals surface area contributed by atoms with Gasteiger partial charge in [0.2, 0.25) is 5.91 Å². The van der Waals surface area contributed by atoms with Gasteiger partial charge in [0.05, 0.1) is 20.6 Å². The Morgan fingerprint density at radius 1 is 1.31 bits per heavy atom. The van der Waals surface area contributed by atoms with E-state index in [2.05, 4.69) is 5.10 Å². The molecule has 1 amide bonds. The quantitative estimate of drug-likeness (QED) is 0.860. The van der Waals surface area contributed by atoms with Crippen LogP contribution in [0.25, 0.3) is 0 Å². The van der Waals surface area contributed by atoms with Gasteiger partial charge >= 0.3 is 6.18 Å². The second-order valence-electron chi connectivity index (χ2n) is 6.31. The summed E-state index contributed by atoms with van der Waals surface area (Å²) in [7, 11) is 2.85. The summed E-state index contributed by atoms with van der Waals surface area (Å²) in [5, 5.41) is 14.1. The molecule has 0 aromatic heterocycles. The first-order valence-corrected chi connectivity index (χ1v) is 7.94. The zero-order valence-corrected chi connectivity index (χ0v) is 14.9. The maximum absolute atomic E-state index is 13.4. The first-order valence-electron chi connectivity index (χ1n) is 7.94. The van der Waals surface area contributed by atoms with E-state index in [0.29, 0.717) is 17.1 Å². The Bertz CT molecular complexity index is 718. The number of ether oxygens (including phenoxy) is 2. The Morgan fingerprint density at radius 2 is 1.92 bits per heavy atom. The fourth-order valence-electron chi connectivity index (χ4n) is 2.62. The third-order valence-electron chi connectivity index (χ3n) is 4.17. The van der Waals surface area contributed by atoms with Crippen LogP contribution in [0.4, 0.5) is 13.2 Å². The maximum Gasteiger partial charge on any atom is 0.438 e. The van der Waals surface area contributed by atoms with Crippen LogP contribution in [-0.4, -0.2) is 47.9 Å². The smallest absolute Gasteiger partial charge is 0.438 e. The Kier molecular flexibility index (Phi) is 5.50. The molecule has 0 radical (unpaired) electrons. The molecule has 2 rings (SSSR count). The van der Waals surface area contributed by atoms with Gasteiger partial charge in [0.1, 0.15) is 0 Å². The monoisotopic (exact) mass is 374 g/mol. The molecule has 0 bridgehead atoms. The summed E-state index contributed by atoms with van der Waals surface area (Å²) >= 11 is 0. The number of rotatable bonds is 5. The van der Waals surface area contributed by atoms with Crippen molar-refractivity contribution in [3.05, 3.63) is 23.8 Å². The second-order valence-corrected chi connectivity index (χ2v) is 6.31. The van der Waals surface area contributed by atoms with Crippen molar-refractivity contribution in [1.29, 1.82) is 0 Å². The zero-order valence-electron chi connectivity index (χ0n) is 14.9. The molecular formula is C17H21F3N2O4. The minimum absolute atomic E-state index is 0.116. The molecular weight excluding hydrogens is 353 g/mol. The summed E-state index contributed by atoms with van der Waals surface area (Å²) in [5.41, 5.74) is -2.81. The standard InChI is InChI=1S/C17H21F3N2O4/c1-10(2)12-9-16(24,17(18,19)20)22(21-12)15(23)8-11-5-6-13(25-3)14(7-11)26-4/h5-7,10,24H,8-9H2,1-4H3/t16-/m1/s1. The van der Waals surface area contributed by atoms with E-state index in [-0.39, 0.29) is 23.1 Å². The van der Waals surface area contributed by atoms with Crippen molar-refractivity contribution in [3.8, 4) is 11.5 Å². The van der Waals surface area contributed by atoms with Crippen molar-refractivity contribution in [1.82, 2.24) is 5.01 Å². The van der Waals surface area contributed by atoms with Crippen LogP contribution in [0.2, 0.25) is 0 Å². The molecule has 0 spiro atoms. The van der Waals surface area contributed by atoms with Crippen LogP contribution >= 0.6 is 0 Å². The van der Waals surface area contributed by atoms with Gasteiger partial charge in [-0.1, -0.05) is 19.9 Å². The van der Waals surface area contributed by atoms with Crippen molar-refractivity contribution >= 4 is 11.6 Å². The largest absolute Gasteiger partial charge is 0.493 e. The first-order chi connectivity index (χ1) is 12.0. The van der Waals surface area contributed by atoms with Gasteiger partial charge in [0.25, 0.3) is 5.72 Å². The van der Waals surface area contributed by atoms with Crippen molar-refractivity contribution in [2.24, 2.45) is 11.0 Å². The Labute approximate surface area is 149 Å². The molecule has 6 nitrogen and oxygen atoms in total. The van der Waals surface area contributed by atoms with Gasteiger partial charge in [0.15, 0.2) is 11.5 Å². The highest BCUT2D eigenvalue weighted by molar-refractivity contribution is 5.92. The fraction of sp³-hybridized carbons (Fsp3) is 0.529. The molecule has 1 heterocycles. The number of hydrazone groups is 1. The molecule has 0 aliphatic carbocycles. The van der Waals surface area contributed by atoms with Crippen molar-refractivity contribution in [2.45, 2.75) is 38.6 Å². The average Bonchev–Trinajstić information content (AvgIpc) is 2.94. The van der Waals surface area contributed by atoms with Gasteiger partial charge in [-0.3, -0.25) is 4.79 Å². The molecule has 1 aromatic rings. The molecule has 0 fully saturated rings. The van der Waals surface area contributed by atoms with Crippen LogP contribution in [0, 0.1) is 5.92 Å². The minimum atomic E-state index is -5.03. The van der Waals surface area contributed by atoms with Crippen LogP contribution in [0.3, 0.4) is 0 Å². The van der Waals surface area contributed by atoms with Crippen LogP contribution in [0.15, 0.2) is 23.3 Å². The van der Waals surface area contributed by atoms with Gasteiger partial charge in [-0.25, -0.2) is 0 Å². The lowest BCUT2D eigenvalue weighted by Gasteiger charge is -2.32. The third-order valence-corrected chi connectivity index (χ3v) is 4.17. The van der Waals surface area contributed by atoms with Gasteiger partial charge in [-0.15, -0.1) is 0 Å². The van der Waals surface area contributed by atoms with Crippen molar-refractivity contribution < 1.29 is 32.5 Å². The molecule has 144 valence electrons. The number of benzene rings is 1. The maximum atomic E-state index is 13.4. The lowest BCUT2D eigenvalue weighted by Crippen LogP contribution is -2.57. The summed E-state index contributed by atoms with van der Waals surface area (Å²) in [4.78, 5) is 12.5. The molecule has 26 heavy (non-hydrogen) atoms. The highest BCUT2D eigenvalue weighted by Crippen LogP contribution is 2.41. The number of carbonyl (C=O) groups is 1. The highest BCUT2D eigenvalue weighted by atomic mass is 19.4. The average molecular weight is 374 g/mol. The minimum Gasteiger partial charge on any atom is -0.493 e. The number of amides is 1. The van der Waals surface area contributed by atoms with E-state index in [9.17, 15) is 23.1 Å². The molecule has 1 atom stereocenters. The van der Waals surface area contributed by atoms with Crippen molar-refractivity contribution in [2.75, 3.05) is 14.2 Å². The number of methoxy groups -OCH3 is 2. The lowest BCUT2D eigenvalue weighted by atomic mass is 9.98. The Balaban J connectivity index is 2.31.